The van der Waals surface area contributed by atoms with Gasteiger partial charge in [0, 0.05) is 18.6 Å². The second kappa shape index (κ2) is 6.18. The fourth-order valence-electron chi connectivity index (χ4n) is 2.78. The van der Waals surface area contributed by atoms with Crippen molar-refractivity contribution in [1.82, 2.24) is 10.6 Å². The zero-order valence-electron chi connectivity index (χ0n) is 10.8. The van der Waals surface area contributed by atoms with Gasteiger partial charge in [-0.05, 0) is 31.4 Å². The number of hydrogen-bond acceptors (Lipinski definition) is 2. The van der Waals surface area contributed by atoms with Crippen LogP contribution in [-0.2, 0) is 6.54 Å². The molecule has 1 fully saturated rings. The van der Waals surface area contributed by atoms with E-state index in [1.807, 2.05) is 0 Å². The maximum absolute atomic E-state index is 3.79. The second-order valence-electron chi connectivity index (χ2n) is 5.15. The van der Waals surface area contributed by atoms with Gasteiger partial charge in [0.15, 0.2) is 0 Å². The summed E-state index contributed by atoms with van der Waals surface area (Å²) in [6.07, 6.45) is 5.12. The first-order valence-corrected chi connectivity index (χ1v) is 6.84. The fraction of sp³-hybridized carbons (Fsp3) is 0.600. The maximum Gasteiger partial charge on any atom is 0.0309 e. The van der Waals surface area contributed by atoms with Crippen LogP contribution in [0.2, 0.25) is 0 Å². The topological polar surface area (TPSA) is 24.1 Å². The highest BCUT2D eigenvalue weighted by atomic mass is 15.0. The second-order valence-corrected chi connectivity index (χ2v) is 5.15. The summed E-state index contributed by atoms with van der Waals surface area (Å²) in [6.45, 7) is 5.56. The van der Waals surface area contributed by atoms with E-state index in [-0.39, 0.29) is 0 Å². The number of rotatable bonds is 5. The van der Waals surface area contributed by atoms with Crippen LogP contribution in [0.1, 0.15) is 38.2 Å². The molecule has 2 nitrogen and oxygen atoms in total. The van der Waals surface area contributed by atoms with Crippen molar-refractivity contribution >= 4 is 0 Å². The molecule has 0 spiro atoms. The van der Waals surface area contributed by atoms with E-state index in [2.05, 4.69) is 47.9 Å². The molecule has 1 heterocycles. The van der Waals surface area contributed by atoms with Crippen molar-refractivity contribution in [3.63, 3.8) is 0 Å². The Morgan fingerprint density at radius 2 is 2.12 bits per heavy atom. The summed E-state index contributed by atoms with van der Waals surface area (Å²) in [5.41, 5.74) is 1.71. The minimum absolute atomic E-state index is 0.322. The van der Waals surface area contributed by atoms with Gasteiger partial charge in [-0.25, -0.2) is 0 Å². The van der Waals surface area contributed by atoms with Crippen LogP contribution in [0.3, 0.4) is 0 Å². The van der Waals surface area contributed by atoms with Gasteiger partial charge >= 0.3 is 0 Å². The zero-order chi connectivity index (χ0) is 12.0. The van der Waals surface area contributed by atoms with Crippen molar-refractivity contribution in [2.24, 2.45) is 0 Å². The molecular weight excluding hydrogens is 208 g/mol. The largest absolute Gasteiger partial charge is 0.315 e. The van der Waals surface area contributed by atoms with Gasteiger partial charge in [-0.1, -0.05) is 43.7 Å². The Labute approximate surface area is 105 Å². The molecule has 1 aromatic carbocycles. The predicted molar refractivity (Wildman–Crippen MR) is 73.0 cm³/mol. The van der Waals surface area contributed by atoms with Crippen LogP contribution in [0.25, 0.3) is 0 Å². The molecule has 1 aliphatic heterocycles. The molecule has 2 rings (SSSR count). The summed E-state index contributed by atoms with van der Waals surface area (Å²) in [4.78, 5) is 0. The third-order valence-corrected chi connectivity index (χ3v) is 3.71. The summed E-state index contributed by atoms with van der Waals surface area (Å²) < 4.78 is 0. The van der Waals surface area contributed by atoms with Crippen molar-refractivity contribution in [3.8, 4) is 0 Å². The Kier molecular flexibility index (Phi) is 4.57. The van der Waals surface area contributed by atoms with Crippen LogP contribution < -0.4 is 10.6 Å². The first-order chi connectivity index (χ1) is 8.35. The number of benzene rings is 1. The molecule has 0 bridgehead atoms. The normalized spacial score (nSPS) is 24.8. The summed E-state index contributed by atoms with van der Waals surface area (Å²) in [7, 11) is 0. The van der Waals surface area contributed by atoms with Gasteiger partial charge in [-0.2, -0.15) is 0 Å². The van der Waals surface area contributed by atoms with E-state index >= 15 is 0 Å². The van der Waals surface area contributed by atoms with E-state index in [1.165, 1.54) is 37.8 Å². The molecule has 1 atom stereocenters. The molecular formula is C15H24N2. The average Bonchev–Trinajstić information content (AvgIpc) is 2.39. The van der Waals surface area contributed by atoms with Crippen LogP contribution in [0.4, 0.5) is 0 Å². The summed E-state index contributed by atoms with van der Waals surface area (Å²) >= 11 is 0. The minimum Gasteiger partial charge on any atom is -0.315 e. The van der Waals surface area contributed by atoms with Gasteiger partial charge in [0.1, 0.15) is 0 Å². The molecule has 1 unspecified atom stereocenters. The zero-order valence-corrected chi connectivity index (χ0v) is 10.8. The molecule has 17 heavy (non-hydrogen) atoms. The standard InChI is InChI=1S/C15H24N2/c1-2-9-15(10-6-11-16-13-15)17-12-14-7-4-3-5-8-14/h3-5,7-8,16-17H,2,6,9-13H2,1H3. The van der Waals surface area contributed by atoms with E-state index in [9.17, 15) is 0 Å². The van der Waals surface area contributed by atoms with Crippen LogP contribution in [0, 0.1) is 0 Å². The monoisotopic (exact) mass is 232 g/mol. The highest BCUT2D eigenvalue weighted by molar-refractivity contribution is 5.15. The molecule has 1 saturated heterocycles. The average molecular weight is 232 g/mol. The lowest BCUT2D eigenvalue weighted by Crippen LogP contribution is -2.55. The van der Waals surface area contributed by atoms with Crippen molar-refractivity contribution < 1.29 is 0 Å². The molecule has 0 saturated carbocycles. The predicted octanol–water partition coefficient (Wildman–Crippen LogP) is 2.70. The van der Waals surface area contributed by atoms with Crippen molar-refractivity contribution in [3.05, 3.63) is 35.9 Å². The number of hydrogen-bond donors (Lipinski definition) is 2. The van der Waals surface area contributed by atoms with Crippen LogP contribution in [0.5, 0.6) is 0 Å². The van der Waals surface area contributed by atoms with E-state index in [4.69, 9.17) is 0 Å². The molecule has 0 amide bonds. The quantitative estimate of drug-likeness (QED) is 0.815. The lowest BCUT2D eigenvalue weighted by molar-refractivity contribution is 0.228. The Balaban J connectivity index is 1.93. The first kappa shape index (κ1) is 12.6. The first-order valence-electron chi connectivity index (χ1n) is 6.84. The van der Waals surface area contributed by atoms with Gasteiger partial charge in [0.05, 0.1) is 0 Å². The van der Waals surface area contributed by atoms with E-state index in [1.54, 1.807) is 0 Å². The molecule has 1 aliphatic rings. The highest BCUT2D eigenvalue weighted by Gasteiger charge is 2.30. The van der Waals surface area contributed by atoms with E-state index in [0.29, 0.717) is 5.54 Å². The highest BCUT2D eigenvalue weighted by Crippen LogP contribution is 2.22. The lowest BCUT2D eigenvalue weighted by atomic mass is 9.85. The van der Waals surface area contributed by atoms with Crippen LogP contribution in [-0.4, -0.2) is 18.6 Å². The van der Waals surface area contributed by atoms with E-state index < -0.39 is 0 Å². The third-order valence-electron chi connectivity index (χ3n) is 3.71. The molecule has 0 aliphatic carbocycles. The number of nitrogens with one attached hydrogen (secondary N) is 2. The van der Waals surface area contributed by atoms with Crippen molar-refractivity contribution in [2.45, 2.75) is 44.7 Å². The van der Waals surface area contributed by atoms with Gasteiger partial charge < -0.3 is 10.6 Å². The fourth-order valence-corrected chi connectivity index (χ4v) is 2.78. The molecule has 2 heteroatoms. The molecule has 1 aromatic rings. The van der Waals surface area contributed by atoms with Crippen LogP contribution >= 0.6 is 0 Å². The molecule has 0 aromatic heterocycles. The molecule has 2 N–H and O–H groups in total. The number of piperidine rings is 1. The lowest BCUT2D eigenvalue weighted by Gasteiger charge is -2.39. The summed E-state index contributed by atoms with van der Waals surface area (Å²) in [5, 5.41) is 7.32. The van der Waals surface area contributed by atoms with Crippen molar-refractivity contribution in [1.29, 1.82) is 0 Å². The van der Waals surface area contributed by atoms with Gasteiger partial charge in [-0.15, -0.1) is 0 Å². The van der Waals surface area contributed by atoms with Gasteiger partial charge in [-0.3, -0.25) is 0 Å². The smallest absolute Gasteiger partial charge is 0.0309 e. The third kappa shape index (κ3) is 3.55. The van der Waals surface area contributed by atoms with E-state index in [0.717, 1.165) is 13.1 Å². The molecule has 94 valence electrons. The Morgan fingerprint density at radius 3 is 2.76 bits per heavy atom. The SMILES string of the molecule is CCCC1(NCc2ccccc2)CCCNC1. The van der Waals surface area contributed by atoms with Gasteiger partial charge in [0.25, 0.3) is 0 Å². The Hall–Kier alpha value is -0.860. The minimum atomic E-state index is 0.322. The van der Waals surface area contributed by atoms with Crippen molar-refractivity contribution in [2.75, 3.05) is 13.1 Å². The van der Waals surface area contributed by atoms with Crippen LogP contribution in [0.15, 0.2) is 30.3 Å². The maximum atomic E-state index is 3.79. The van der Waals surface area contributed by atoms with Gasteiger partial charge in [0.2, 0.25) is 0 Å². The Morgan fingerprint density at radius 1 is 1.29 bits per heavy atom. The summed E-state index contributed by atoms with van der Waals surface area (Å²) in [5.74, 6) is 0. The summed E-state index contributed by atoms with van der Waals surface area (Å²) in [6, 6.07) is 10.7. The Bertz CT molecular complexity index is 309. The molecule has 0 radical (unpaired) electrons.